The number of nitrogens with one attached hydrogen (secondary N) is 7. The van der Waals surface area contributed by atoms with E-state index in [4.69, 9.17) is 17.2 Å². The van der Waals surface area contributed by atoms with Crippen LogP contribution in [0.3, 0.4) is 0 Å². The summed E-state index contributed by atoms with van der Waals surface area (Å²) in [6.45, 7) is 3.94. The van der Waals surface area contributed by atoms with Crippen LogP contribution in [0.15, 0.2) is 35.3 Å². The molecule has 0 spiro atoms. The third kappa shape index (κ3) is 30.7. The van der Waals surface area contributed by atoms with Gasteiger partial charge in [0.2, 0.25) is 59.1 Å². The Kier molecular flexibility index (Phi) is 38.0. The minimum absolute atomic E-state index is 0.00782. The summed E-state index contributed by atoms with van der Waals surface area (Å²) in [6, 6.07) is -1.13. The maximum absolute atomic E-state index is 14.8. The number of hydrogen-bond donors (Lipinski definition) is 15. The molecule has 37 nitrogen and oxygen atoms in total. The summed E-state index contributed by atoms with van der Waals surface area (Å²) in [6.07, 6.45) is 4.55. The number of likely N-dealkylation sites (tertiary alicyclic amines) is 3. The number of aliphatic carboxylic acids is 4. The Morgan fingerprint density at radius 2 is 1.00 bits per heavy atom. The van der Waals surface area contributed by atoms with Crippen LogP contribution in [0.4, 0.5) is 0 Å². The monoisotopic (exact) mass is 1500 g/mol. The fraction of sp³-hybridized carbons (Fsp3) is 0.696. The first-order valence-corrected chi connectivity index (χ1v) is 36.7. The van der Waals surface area contributed by atoms with Crippen molar-refractivity contribution in [2.75, 3.05) is 131 Å². The van der Waals surface area contributed by atoms with Gasteiger partial charge in [-0.1, -0.05) is 50.6 Å². The summed E-state index contributed by atoms with van der Waals surface area (Å²) >= 11 is 0. The highest BCUT2D eigenvalue weighted by atomic mass is 16.4. The number of guanidine groups is 1. The highest BCUT2D eigenvalue weighted by Crippen LogP contribution is 2.27. The van der Waals surface area contributed by atoms with Crippen molar-refractivity contribution in [1.29, 1.82) is 0 Å². The van der Waals surface area contributed by atoms with Crippen molar-refractivity contribution < 1.29 is 92.7 Å². The highest BCUT2D eigenvalue weighted by molar-refractivity contribution is 5.98. The van der Waals surface area contributed by atoms with Crippen LogP contribution in [0.25, 0.3) is 0 Å². The van der Waals surface area contributed by atoms with E-state index in [9.17, 15) is 92.7 Å². The molecule has 4 heterocycles. The Labute approximate surface area is 617 Å². The van der Waals surface area contributed by atoms with Crippen LogP contribution in [-0.2, 0) is 73.5 Å². The summed E-state index contributed by atoms with van der Waals surface area (Å²) in [5.41, 5.74) is 17.6. The zero-order chi connectivity index (χ0) is 77.8. The van der Waals surface area contributed by atoms with Gasteiger partial charge in [0, 0.05) is 97.9 Å². The molecule has 0 radical (unpaired) electrons. The van der Waals surface area contributed by atoms with Gasteiger partial charge in [-0.15, -0.1) is 0 Å². The molecule has 4 fully saturated rings. The Balaban J connectivity index is 1.17. The molecule has 4 saturated heterocycles. The molecule has 5 rings (SSSR count). The van der Waals surface area contributed by atoms with Gasteiger partial charge in [0.25, 0.3) is 0 Å². The molecule has 37 heteroatoms. The molecule has 0 bridgehead atoms. The fourth-order valence-corrected chi connectivity index (χ4v) is 13.4. The van der Waals surface area contributed by atoms with Crippen LogP contribution in [0.5, 0.6) is 0 Å². The van der Waals surface area contributed by atoms with Crippen LogP contribution < -0.4 is 54.4 Å². The molecular formula is C69H112N18O19. The minimum Gasteiger partial charge on any atom is -0.480 e. The van der Waals surface area contributed by atoms with E-state index < -0.39 is 139 Å². The minimum atomic E-state index is -1.57. The van der Waals surface area contributed by atoms with Crippen molar-refractivity contribution in [3.05, 3.63) is 35.9 Å². The summed E-state index contributed by atoms with van der Waals surface area (Å²) in [5.74, 6) is -11.2. The van der Waals surface area contributed by atoms with Gasteiger partial charge in [0.15, 0.2) is 5.96 Å². The summed E-state index contributed by atoms with van der Waals surface area (Å²) in [5, 5.41) is 67.5. The molecule has 0 aliphatic carbocycles. The number of carbonyl (C=O) groups excluding carboxylic acids is 10. The van der Waals surface area contributed by atoms with E-state index in [2.05, 4.69) is 42.2 Å². The third-order valence-corrected chi connectivity index (χ3v) is 18.9. The zero-order valence-electron chi connectivity index (χ0n) is 61.0. The topological polar surface area (TPSA) is 537 Å². The molecular weight excluding hydrogens is 1380 g/mol. The van der Waals surface area contributed by atoms with E-state index in [1.165, 1.54) is 14.7 Å². The lowest BCUT2D eigenvalue weighted by molar-refractivity contribution is -0.148. The Hall–Kier alpha value is -9.17. The second-order valence-electron chi connectivity index (χ2n) is 27.7. The van der Waals surface area contributed by atoms with E-state index >= 15 is 0 Å². The zero-order valence-corrected chi connectivity index (χ0v) is 61.0. The smallest absolute Gasteiger partial charge is 0.326 e. The number of nitrogens with zero attached hydrogens (tertiary/aromatic N) is 8. The number of hydrogen-bond acceptors (Lipinski definition) is 21. The molecule has 8 atom stereocenters. The van der Waals surface area contributed by atoms with Crippen LogP contribution in [0.2, 0.25) is 0 Å². The number of carboxylic acid groups (broad SMARTS) is 4. The van der Waals surface area contributed by atoms with Gasteiger partial charge in [-0.05, 0) is 108 Å². The van der Waals surface area contributed by atoms with Gasteiger partial charge < -0.3 is 94.7 Å². The lowest BCUT2D eigenvalue weighted by Gasteiger charge is -2.33. The van der Waals surface area contributed by atoms with Crippen LogP contribution in [0.1, 0.15) is 122 Å². The average Bonchev–Trinajstić information content (AvgIpc) is 1.64. The summed E-state index contributed by atoms with van der Waals surface area (Å²) in [4.78, 5) is 201. The Morgan fingerprint density at radius 3 is 1.54 bits per heavy atom. The standard InChI is InChI=1S/C69H112N18O19/c1-45(2)37-50(68(105)106)79-64(101)53-20-13-26-85(53)66(103)51(44-88)80-62(99)49(38-46-15-5-3-6-16-46)77-56(90)39-75-63(100)52-19-12-27-86(52)67(104)54-21-14-28-87(54)65(102)48(18-11-25-74-69(71)72)78-61(98)47(17-8-9-23-70)76-55(89)22-7-4-10-24-73-57(91)40-81-29-31-82(41-58(92)93)33-35-84(43-60(96)97)36-34-83(32-30-81)42-59(94)95/h3,5-6,15-16,45,47-54,88H,4,7-14,17-44,70H2,1-2H3,(H,73,91)(H,75,100)(H,76,89)(H,77,90)(H,78,98)(H,79,101)(H,80,99)(H,92,93)(H,94,95)(H,96,97)(H,105,106)(H4,71,72,74)/t47-,48-,49-,50-,51-,52-,53-,54-/m0/s1. The molecule has 1 aromatic rings. The van der Waals surface area contributed by atoms with E-state index in [1.54, 1.807) is 63.8 Å². The SMILES string of the molecule is CC(C)C[C@H](NC(=O)[C@@H]1CCCN1C(=O)[C@H](CO)NC(=O)[C@H](Cc1ccccc1)NC(=O)CNC(=O)[C@@H]1CCCN1C(=O)[C@@H]1CCCN1C(=O)[C@H](CCCN=C(N)N)NC(=O)[C@H](CCCCN)NC(=O)CCCCCNC(=O)CN1CCN(CC(=O)O)CCN(CC(=O)O)CCN(CC(=O)O)CC1)C(=O)O. The third-order valence-electron chi connectivity index (χ3n) is 18.9. The van der Waals surface area contributed by atoms with Gasteiger partial charge in [-0.3, -0.25) is 86.9 Å². The molecule has 4 aliphatic heterocycles. The molecule has 106 heavy (non-hydrogen) atoms. The first-order valence-electron chi connectivity index (χ1n) is 36.7. The van der Waals surface area contributed by atoms with Crippen molar-refractivity contribution in [1.82, 2.24) is 71.5 Å². The molecule has 592 valence electrons. The number of carbonyl (C=O) groups is 14. The number of aliphatic imine (C=N–C) groups is 1. The van der Waals surface area contributed by atoms with Crippen molar-refractivity contribution >= 4 is 88.9 Å². The number of rotatable bonds is 42. The van der Waals surface area contributed by atoms with E-state index in [1.807, 2.05) is 0 Å². The fourth-order valence-electron chi connectivity index (χ4n) is 13.4. The first kappa shape index (κ1) is 87.5. The number of amides is 10. The second-order valence-corrected chi connectivity index (χ2v) is 27.7. The Morgan fingerprint density at radius 1 is 0.500 bits per heavy atom. The number of benzene rings is 1. The van der Waals surface area contributed by atoms with Crippen molar-refractivity contribution in [2.45, 2.75) is 171 Å². The number of carboxylic acids is 4. The maximum atomic E-state index is 14.8. The van der Waals surface area contributed by atoms with Crippen molar-refractivity contribution in [3.63, 3.8) is 0 Å². The molecule has 1 aromatic carbocycles. The average molecular weight is 1500 g/mol. The predicted octanol–water partition coefficient (Wildman–Crippen LogP) is -4.80. The molecule has 0 aromatic heterocycles. The quantitative estimate of drug-likeness (QED) is 0.0166. The number of nitrogens with two attached hydrogens (primary N) is 3. The largest absolute Gasteiger partial charge is 0.480 e. The van der Waals surface area contributed by atoms with Gasteiger partial charge in [-0.2, -0.15) is 0 Å². The molecule has 10 amide bonds. The number of aliphatic hydroxyl groups excluding tert-OH is 1. The maximum Gasteiger partial charge on any atom is 0.326 e. The van der Waals surface area contributed by atoms with Crippen LogP contribution in [0, 0.1) is 5.92 Å². The van der Waals surface area contributed by atoms with Crippen molar-refractivity contribution in [3.8, 4) is 0 Å². The summed E-state index contributed by atoms with van der Waals surface area (Å²) < 4.78 is 0. The van der Waals surface area contributed by atoms with Gasteiger partial charge in [0.1, 0.15) is 48.3 Å². The molecule has 0 saturated carbocycles. The molecule has 4 aliphatic rings. The molecule has 18 N–H and O–H groups in total. The van der Waals surface area contributed by atoms with Crippen LogP contribution in [-0.4, -0.2) is 328 Å². The lowest BCUT2D eigenvalue weighted by Crippen LogP contribution is -2.59. The van der Waals surface area contributed by atoms with E-state index in [0.29, 0.717) is 63.5 Å². The number of aliphatic hydroxyl groups is 1. The van der Waals surface area contributed by atoms with Gasteiger partial charge in [0.05, 0.1) is 39.3 Å². The van der Waals surface area contributed by atoms with E-state index in [-0.39, 0.29) is 187 Å². The van der Waals surface area contributed by atoms with Crippen molar-refractivity contribution in [2.24, 2.45) is 28.1 Å². The first-order chi connectivity index (χ1) is 50.6. The number of unbranched alkanes of at least 4 members (excludes halogenated alkanes) is 3. The van der Waals surface area contributed by atoms with Gasteiger partial charge >= 0.3 is 23.9 Å². The Bertz CT molecular complexity index is 3110. The normalized spacial score (nSPS) is 19.2. The highest BCUT2D eigenvalue weighted by Gasteiger charge is 2.45. The lowest BCUT2D eigenvalue weighted by atomic mass is 10.0. The summed E-state index contributed by atoms with van der Waals surface area (Å²) in [7, 11) is 0. The predicted molar refractivity (Wildman–Crippen MR) is 384 cm³/mol. The second kappa shape index (κ2) is 46.0. The van der Waals surface area contributed by atoms with Crippen LogP contribution >= 0.6 is 0 Å². The van der Waals surface area contributed by atoms with Gasteiger partial charge in [-0.25, -0.2) is 4.79 Å². The van der Waals surface area contributed by atoms with E-state index in [0.717, 1.165) is 0 Å². The molecule has 0 unspecified atom stereocenters.